The number of hydrogen-bond donors (Lipinski definition) is 0. The molecule has 0 unspecified atom stereocenters. The predicted octanol–water partition coefficient (Wildman–Crippen LogP) is 2.93. The number of carbonyl (C=O) groups is 1. The molecule has 1 aromatic carbocycles. The first-order valence-electron chi connectivity index (χ1n) is 9.32. The number of aromatic nitrogens is 3. The van der Waals surface area contributed by atoms with Gasteiger partial charge in [0.15, 0.2) is 9.84 Å². The fourth-order valence-corrected chi connectivity index (χ4v) is 4.14. The van der Waals surface area contributed by atoms with Crippen LogP contribution in [-0.4, -0.2) is 46.0 Å². The van der Waals surface area contributed by atoms with Crippen molar-refractivity contribution in [2.75, 3.05) is 11.5 Å². The largest absolute Gasteiger partial charge is 0.459 e. The van der Waals surface area contributed by atoms with Gasteiger partial charge in [-0.05, 0) is 38.8 Å². The van der Waals surface area contributed by atoms with Crippen LogP contribution in [0, 0.1) is 0 Å². The van der Waals surface area contributed by atoms with Crippen molar-refractivity contribution in [2.24, 2.45) is 7.05 Å². The molecule has 7 nitrogen and oxygen atoms in total. The Morgan fingerprint density at radius 1 is 1.10 bits per heavy atom. The first kappa shape index (κ1) is 21.0. The van der Waals surface area contributed by atoms with Gasteiger partial charge in [-0.25, -0.2) is 18.4 Å². The number of esters is 1. The standard InChI is InChI=1S/C21H25N3O4S/c1-21(2,3)28-18(25)13-29(26,27)12-10-15-5-7-16(8-6-15)19-17-9-11-24(4)20(17)23-14-22-19/h5-9,11,14H,10,12-13H2,1-4H3. The van der Waals surface area contributed by atoms with Crippen molar-refractivity contribution >= 4 is 26.8 Å². The van der Waals surface area contributed by atoms with E-state index in [0.29, 0.717) is 6.42 Å². The van der Waals surface area contributed by atoms with Crippen LogP contribution in [0.1, 0.15) is 26.3 Å². The zero-order valence-corrected chi connectivity index (χ0v) is 17.9. The van der Waals surface area contributed by atoms with E-state index in [1.807, 2.05) is 48.1 Å². The Balaban J connectivity index is 1.67. The molecular formula is C21H25N3O4S. The number of rotatable bonds is 6. The molecule has 2 heterocycles. The third kappa shape index (κ3) is 5.41. The highest BCUT2D eigenvalue weighted by Crippen LogP contribution is 2.26. The van der Waals surface area contributed by atoms with Crippen molar-refractivity contribution in [1.29, 1.82) is 0 Å². The van der Waals surface area contributed by atoms with Gasteiger partial charge in [0, 0.05) is 24.2 Å². The van der Waals surface area contributed by atoms with Gasteiger partial charge in [-0.1, -0.05) is 24.3 Å². The highest BCUT2D eigenvalue weighted by atomic mass is 32.2. The zero-order chi connectivity index (χ0) is 21.2. The molecule has 0 radical (unpaired) electrons. The topological polar surface area (TPSA) is 91.2 Å². The molecule has 0 atom stereocenters. The maximum Gasteiger partial charge on any atom is 0.321 e. The molecule has 0 amide bonds. The van der Waals surface area contributed by atoms with E-state index in [1.165, 1.54) is 6.33 Å². The predicted molar refractivity (Wildman–Crippen MR) is 112 cm³/mol. The van der Waals surface area contributed by atoms with E-state index >= 15 is 0 Å². The number of benzene rings is 1. The van der Waals surface area contributed by atoms with Crippen molar-refractivity contribution in [3.05, 3.63) is 48.4 Å². The van der Waals surface area contributed by atoms with E-state index in [-0.39, 0.29) is 5.75 Å². The SMILES string of the molecule is Cn1ccc2c(-c3ccc(CCS(=O)(=O)CC(=O)OC(C)(C)C)cc3)ncnc21. The Hall–Kier alpha value is -2.74. The summed E-state index contributed by atoms with van der Waals surface area (Å²) >= 11 is 0. The fourth-order valence-electron chi connectivity index (χ4n) is 3.03. The van der Waals surface area contributed by atoms with E-state index < -0.39 is 27.2 Å². The van der Waals surface area contributed by atoms with Crippen molar-refractivity contribution < 1.29 is 17.9 Å². The molecule has 0 bridgehead atoms. The maximum atomic E-state index is 12.2. The Labute approximate surface area is 170 Å². The normalized spacial score (nSPS) is 12.3. The summed E-state index contributed by atoms with van der Waals surface area (Å²) in [5.41, 5.74) is 2.80. The molecule has 0 aliphatic rings. The van der Waals surface area contributed by atoms with Crippen LogP contribution in [0.15, 0.2) is 42.9 Å². The van der Waals surface area contributed by atoms with Gasteiger partial charge in [-0.15, -0.1) is 0 Å². The minimum absolute atomic E-state index is 0.109. The molecule has 0 N–H and O–H groups in total. The molecule has 0 aliphatic carbocycles. The van der Waals surface area contributed by atoms with Crippen LogP contribution in [0.3, 0.4) is 0 Å². The molecule has 0 saturated carbocycles. The second-order valence-corrected chi connectivity index (χ2v) is 10.2. The lowest BCUT2D eigenvalue weighted by atomic mass is 10.1. The lowest BCUT2D eigenvalue weighted by Crippen LogP contribution is -2.29. The number of nitrogens with zero attached hydrogens (tertiary/aromatic N) is 3. The summed E-state index contributed by atoms with van der Waals surface area (Å²) in [6.07, 6.45) is 3.80. The Morgan fingerprint density at radius 2 is 1.79 bits per heavy atom. The Kier molecular flexibility index (Phi) is 5.75. The summed E-state index contributed by atoms with van der Waals surface area (Å²) in [7, 11) is -1.61. The monoisotopic (exact) mass is 415 g/mol. The minimum atomic E-state index is -3.54. The lowest BCUT2D eigenvalue weighted by Gasteiger charge is -2.19. The number of fused-ring (bicyclic) bond motifs is 1. The molecular weight excluding hydrogens is 390 g/mol. The van der Waals surface area contributed by atoms with Crippen LogP contribution in [-0.2, 0) is 32.8 Å². The van der Waals surface area contributed by atoms with Crippen molar-refractivity contribution in [1.82, 2.24) is 14.5 Å². The van der Waals surface area contributed by atoms with Gasteiger partial charge in [0.1, 0.15) is 23.3 Å². The first-order chi connectivity index (χ1) is 13.5. The first-order valence-corrected chi connectivity index (χ1v) is 11.1. The van der Waals surface area contributed by atoms with Crippen molar-refractivity contribution in [2.45, 2.75) is 32.8 Å². The average Bonchev–Trinajstić information content (AvgIpc) is 3.00. The Morgan fingerprint density at radius 3 is 2.45 bits per heavy atom. The van der Waals surface area contributed by atoms with E-state index in [4.69, 9.17) is 4.74 Å². The van der Waals surface area contributed by atoms with Gasteiger partial charge >= 0.3 is 5.97 Å². The van der Waals surface area contributed by atoms with Gasteiger partial charge in [-0.3, -0.25) is 4.79 Å². The summed E-state index contributed by atoms with van der Waals surface area (Å²) in [6, 6.07) is 9.58. The maximum absolute atomic E-state index is 12.2. The molecule has 0 saturated heterocycles. The summed E-state index contributed by atoms with van der Waals surface area (Å²) < 4.78 is 31.5. The molecule has 3 rings (SSSR count). The Bertz CT molecular complexity index is 1130. The van der Waals surface area contributed by atoms with E-state index in [0.717, 1.165) is 27.9 Å². The summed E-state index contributed by atoms with van der Waals surface area (Å²) in [4.78, 5) is 20.5. The summed E-state index contributed by atoms with van der Waals surface area (Å²) in [5, 5.41) is 0.961. The molecule has 0 spiro atoms. The highest BCUT2D eigenvalue weighted by molar-refractivity contribution is 7.92. The smallest absolute Gasteiger partial charge is 0.321 e. The second-order valence-electron chi connectivity index (χ2n) is 8.01. The second kappa shape index (κ2) is 7.94. The van der Waals surface area contributed by atoms with Crippen LogP contribution >= 0.6 is 0 Å². The molecule has 154 valence electrons. The number of carbonyl (C=O) groups excluding carboxylic acids is 1. The molecule has 0 fully saturated rings. The van der Waals surface area contributed by atoms with Gasteiger partial charge in [0.2, 0.25) is 0 Å². The van der Waals surface area contributed by atoms with E-state index in [1.54, 1.807) is 20.8 Å². The van der Waals surface area contributed by atoms with Crippen LogP contribution in [0.5, 0.6) is 0 Å². The van der Waals surface area contributed by atoms with Crippen LogP contribution < -0.4 is 0 Å². The zero-order valence-electron chi connectivity index (χ0n) is 17.0. The third-order valence-corrected chi connectivity index (χ3v) is 5.85. The average molecular weight is 416 g/mol. The van der Waals surface area contributed by atoms with Crippen LogP contribution in [0.2, 0.25) is 0 Å². The van der Waals surface area contributed by atoms with Crippen LogP contribution in [0.4, 0.5) is 0 Å². The highest BCUT2D eigenvalue weighted by Gasteiger charge is 2.22. The van der Waals surface area contributed by atoms with Gasteiger partial charge < -0.3 is 9.30 Å². The van der Waals surface area contributed by atoms with Crippen molar-refractivity contribution in [3.8, 4) is 11.3 Å². The molecule has 8 heteroatoms. The van der Waals surface area contributed by atoms with Crippen molar-refractivity contribution in [3.63, 3.8) is 0 Å². The number of ether oxygens (including phenoxy) is 1. The summed E-state index contributed by atoms with van der Waals surface area (Å²) in [5.74, 6) is -1.43. The van der Waals surface area contributed by atoms with Gasteiger partial charge in [0.25, 0.3) is 0 Å². The molecule has 29 heavy (non-hydrogen) atoms. The summed E-state index contributed by atoms with van der Waals surface area (Å²) in [6.45, 7) is 5.12. The molecule has 2 aromatic heterocycles. The van der Waals surface area contributed by atoms with E-state index in [2.05, 4.69) is 9.97 Å². The number of aryl methyl sites for hydroxylation is 2. The van der Waals surface area contributed by atoms with E-state index in [9.17, 15) is 13.2 Å². The van der Waals surface area contributed by atoms with Crippen LogP contribution in [0.25, 0.3) is 22.3 Å². The number of hydrogen-bond acceptors (Lipinski definition) is 6. The number of sulfone groups is 1. The fraction of sp³-hybridized carbons (Fsp3) is 0.381. The van der Waals surface area contributed by atoms with Gasteiger partial charge in [0.05, 0.1) is 11.4 Å². The third-order valence-electron chi connectivity index (χ3n) is 4.35. The minimum Gasteiger partial charge on any atom is -0.459 e. The van der Waals surface area contributed by atoms with Gasteiger partial charge in [-0.2, -0.15) is 0 Å². The molecule has 3 aromatic rings. The molecule has 0 aliphatic heterocycles. The quantitative estimate of drug-likeness (QED) is 0.575. The lowest BCUT2D eigenvalue weighted by molar-refractivity contribution is -0.151.